The van der Waals surface area contributed by atoms with Crippen LogP contribution in [0.3, 0.4) is 0 Å². The zero-order chi connectivity index (χ0) is 11.5. The van der Waals surface area contributed by atoms with Gasteiger partial charge in [-0.15, -0.1) is 0 Å². The molecule has 0 radical (unpaired) electrons. The highest BCUT2D eigenvalue weighted by Crippen LogP contribution is 2.28. The topological polar surface area (TPSA) is 49.3 Å². The normalized spacial score (nSPS) is 24.6. The minimum Gasteiger partial charge on any atom is -0.481 e. The van der Waals surface area contributed by atoms with Crippen LogP contribution in [0.5, 0.6) is 0 Å². The number of carboxylic acids is 1. The minimum atomic E-state index is -0.699. The maximum absolute atomic E-state index is 11.1. The van der Waals surface area contributed by atoms with Gasteiger partial charge in [0, 0.05) is 19.0 Å². The van der Waals surface area contributed by atoms with E-state index in [2.05, 4.69) is 36.5 Å². The number of hydrogen-bond acceptors (Lipinski definition) is 2. The first kappa shape index (κ1) is 11.1. The standard InChI is InChI=1S/C13H17NO2/c1-2-9-3-5-10(6-4-9)11-7-14-8-12(11)13(15)16/h3-6,11-12,14H,2,7-8H2,1H3,(H,15,16)/t11-,12+/m1/s1. The predicted molar refractivity (Wildman–Crippen MR) is 62.6 cm³/mol. The van der Waals surface area contributed by atoms with Gasteiger partial charge in [0.15, 0.2) is 0 Å². The molecule has 2 N–H and O–H groups in total. The zero-order valence-electron chi connectivity index (χ0n) is 9.44. The SMILES string of the molecule is CCc1ccc([C@H]2CNC[C@@H]2C(=O)O)cc1. The Morgan fingerprint density at radius 3 is 2.62 bits per heavy atom. The maximum Gasteiger partial charge on any atom is 0.308 e. The van der Waals surface area contributed by atoms with E-state index >= 15 is 0 Å². The van der Waals surface area contributed by atoms with Crippen molar-refractivity contribution in [3.05, 3.63) is 35.4 Å². The number of aliphatic carboxylic acids is 1. The molecule has 0 unspecified atom stereocenters. The van der Waals surface area contributed by atoms with Gasteiger partial charge in [0.25, 0.3) is 0 Å². The van der Waals surface area contributed by atoms with Crippen LogP contribution in [0.4, 0.5) is 0 Å². The van der Waals surface area contributed by atoms with Crippen LogP contribution in [-0.2, 0) is 11.2 Å². The van der Waals surface area contributed by atoms with Gasteiger partial charge < -0.3 is 10.4 Å². The van der Waals surface area contributed by atoms with Crippen LogP contribution in [0.1, 0.15) is 24.0 Å². The number of carboxylic acid groups (broad SMARTS) is 1. The van der Waals surface area contributed by atoms with Crippen LogP contribution >= 0.6 is 0 Å². The summed E-state index contributed by atoms with van der Waals surface area (Å²) in [6.07, 6.45) is 1.02. The molecule has 1 saturated heterocycles. The molecule has 1 heterocycles. The summed E-state index contributed by atoms with van der Waals surface area (Å²) >= 11 is 0. The van der Waals surface area contributed by atoms with Gasteiger partial charge in [-0.3, -0.25) is 4.79 Å². The highest BCUT2D eigenvalue weighted by atomic mass is 16.4. The fourth-order valence-corrected chi connectivity index (χ4v) is 2.29. The van der Waals surface area contributed by atoms with E-state index in [1.807, 2.05) is 0 Å². The van der Waals surface area contributed by atoms with E-state index in [0.717, 1.165) is 18.5 Å². The first-order chi connectivity index (χ1) is 7.72. The Balaban J connectivity index is 2.19. The first-order valence-electron chi connectivity index (χ1n) is 5.74. The number of hydrogen-bond donors (Lipinski definition) is 2. The number of carbonyl (C=O) groups is 1. The monoisotopic (exact) mass is 219 g/mol. The lowest BCUT2D eigenvalue weighted by Crippen LogP contribution is -2.20. The molecular weight excluding hydrogens is 202 g/mol. The fourth-order valence-electron chi connectivity index (χ4n) is 2.29. The highest BCUT2D eigenvalue weighted by molar-refractivity contribution is 5.72. The third-order valence-corrected chi connectivity index (χ3v) is 3.35. The predicted octanol–water partition coefficient (Wildman–Crippen LogP) is 1.64. The van der Waals surface area contributed by atoms with Gasteiger partial charge >= 0.3 is 5.97 Å². The van der Waals surface area contributed by atoms with Crippen molar-refractivity contribution in [2.75, 3.05) is 13.1 Å². The molecule has 1 fully saturated rings. The molecule has 0 aliphatic carbocycles. The molecule has 0 aromatic heterocycles. The Kier molecular flexibility index (Phi) is 3.25. The molecular formula is C13H17NO2. The summed E-state index contributed by atoms with van der Waals surface area (Å²) in [4.78, 5) is 11.1. The molecule has 1 aromatic carbocycles. The van der Waals surface area contributed by atoms with E-state index < -0.39 is 5.97 Å². The average molecular weight is 219 g/mol. The number of rotatable bonds is 3. The van der Waals surface area contributed by atoms with Gasteiger partial charge in [0.2, 0.25) is 0 Å². The summed E-state index contributed by atoms with van der Waals surface area (Å²) in [5.41, 5.74) is 2.43. The zero-order valence-corrected chi connectivity index (χ0v) is 9.44. The van der Waals surface area contributed by atoms with Gasteiger partial charge in [-0.2, -0.15) is 0 Å². The Morgan fingerprint density at radius 1 is 1.38 bits per heavy atom. The number of aryl methyl sites for hydroxylation is 1. The van der Waals surface area contributed by atoms with Crippen molar-refractivity contribution in [1.82, 2.24) is 5.32 Å². The second kappa shape index (κ2) is 4.66. The smallest absolute Gasteiger partial charge is 0.308 e. The van der Waals surface area contributed by atoms with Crippen LogP contribution < -0.4 is 5.32 Å². The lowest BCUT2D eigenvalue weighted by molar-refractivity contribution is -0.141. The van der Waals surface area contributed by atoms with Crippen molar-refractivity contribution >= 4 is 5.97 Å². The third-order valence-electron chi connectivity index (χ3n) is 3.35. The van der Waals surface area contributed by atoms with Crippen molar-refractivity contribution < 1.29 is 9.90 Å². The molecule has 1 aliphatic rings. The van der Waals surface area contributed by atoms with Gasteiger partial charge in [0.05, 0.1) is 5.92 Å². The summed E-state index contributed by atoms with van der Waals surface area (Å²) in [6, 6.07) is 8.30. The summed E-state index contributed by atoms with van der Waals surface area (Å²) in [6.45, 7) is 3.46. The van der Waals surface area contributed by atoms with E-state index in [4.69, 9.17) is 5.11 Å². The van der Waals surface area contributed by atoms with E-state index in [1.54, 1.807) is 0 Å². The van der Waals surface area contributed by atoms with Crippen molar-refractivity contribution in [3.63, 3.8) is 0 Å². The second-order valence-electron chi connectivity index (χ2n) is 4.30. The first-order valence-corrected chi connectivity index (χ1v) is 5.74. The summed E-state index contributed by atoms with van der Waals surface area (Å²) < 4.78 is 0. The number of benzene rings is 1. The molecule has 0 bridgehead atoms. The van der Waals surface area contributed by atoms with E-state index in [9.17, 15) is 4.79 Å². The fraction of sp³-hybridized carbons (Fsp3) is 0.462. The molecule has 0 saturated carbocycles. The Morgan fingerprint density at radius 2 is 2.06 bits per heavy atom. The molecule has 2 rings (SSSR count). The van der Waals surface area contributed by atoms with Crippen molar-refractivity contribution in [1.29, 1.82) is 0 Å². The van der Waals surface area contributed by atoms with Gasteiger partial charge in [-0.05, 0) is 17.5 Å². The van der Waals surface area contributed by atoms with Crippen molar-refractivity contribution in [2.24, 2.45) is 5.92 Å². The van der Waals surface area contributed by atoms with Crippen LogP contribution in [0, 0.1) is 5.92 Å². The minimum absolute atomic E-state index is 0.114. The van der Waals surface area contributed by atoms with Crippen LogP contribution in [-0.4, -0.2) is 24.2 Å². The van der Waals surface area contributed by atoms with Gasteiger partial charge in [0.1, 0.15) is 0 Å². The maximum atomic E-state index is 11.1. The Bertz CT molecular complexity index is 372. The lowest BCUT2D eigenvalue weighted by Gasteiger charge is -2.15. The molecule has 3 nitrogen and oxygen atoms in total. The Labute approximate surface area is 95.5 Å². The summed E-state index contributed by atoms with van der Waals surface area (Å²) in [5, 5.41) is 12.3. The van der Waals surface area contributed by atoms with Crippen LogP contribution in [0.25, 0.3) is 0 Å². The molecule has 16 heavy (non-hydrogen) atoms. The Hall–Kier alpha value is -1.35. The van der Waals surface area contributed by atoms with E-state index in [0.29, 0.717) is 6.54 Å². The van der Waals surface area contributed by atoms with Gasteiger partial charge in [-0.25, -0.2) is 0 Å². The summed E-state index contributed by atoms with van der Waals surface area (Å²) in [7, 11) is 0. The molecule has 0 spiro atoms. The summed E-state index contributed by atoms with van der Waals surface area (Å²) in [5.74, 6) is -0.870. The van der Waals surface area contributed by atoms with E-state index in [1.165, 1.54) is 5.56 Å². The molecule has 0 amide bonds. The second-order valence-corrected chi connectivity index (χ2v) is 4.30. The molecule has 86 valence electrons. The largest absolute Gasteiger partial charge is 0.481 e. The average Bonchev–Trinajstić information content (AvgIpc) is 2.78. The molecule has 1 aromatic rings. The van der Waals surface area contributed by atoms with Crippen molar-refractivity contribution in [2.45, 2.75) is 19.3 Å². The lowest BCUT2D eigenvalue weighted by atomic mass is 9.88. The highest BCUT2D eigenvalue weighted by Gasteiger charge is 2.33. The molecule has 2 atom stereocenters. The van der Waals surface area contributed by atoms with Crippen molar-refractivity contribution in [3.8, 4) is 0 Å². The van der Waals surface area contributed by atoms with E-state index in [-0.39, 0.29) is 11.8 Å². The third kappa shape index (κ3) is 2.09. The molecule has 1 aliphatic heterocycles. The van der Waals surface area contributed by atoms with Crippen LogP contribution in [0.2, 0.25) is 0 Å². The van der Waals surface area contributed by atoms with Crippen LogP contribution in [0.15, 0.2) is 24.3 Å². The molecule has 3 heteroatoms. The quantitative estimate of drug-likeness (QED) is 0.812. The van der Waals surface area contributed by atoms with Gasteiger partial charge in [-0.1, -0.05) is 31.2 Å². The number of nitrogens with one attached hydrogen (secondary N) is 1.